The van der Waals surface area contributed by atoms with Gasteiger partial charge in [-0.1, -0.05) is 51.0 Å². The van der Waals surface area contributed by atoms with E-state index in [1.807, 2.05) is 0 Å². The van der Waals surface area contributed by atoms with E-state index in [1.165, 1.54) is 12.8 Å². The van der Waals surface area contributed by atoms with Crippen LogP contribution >= 0.6 is 0 Å². The van der Waals surface area contributed by atoms with Gasteiger partial charge in [-0.15, -0.1) is 0 Å². The summed E-state index contributed by atoms with van der Waals surface area (Å²) in [6.07, 6.45) is 18.8. The molecule has 0 saturated carbocycles. The number of allylic oxidation sites excluding steroid dienone is 4. The van der Waals surface area contributed by atoms with Crippen molar-refractivity contribution in [3.63, 3.8) is 0 Å². The lowest BCUT2D eigenvalue weighted by molar-refractivity contribution is -0.111. The molecule has 0 unspecified atom stereocenters. The molecule has 17 heavy (non-hydrogen) atoms. The van der Waals surface area contributed by atoms with E-state index in [0.29, 0.717) is 0 Å². The molecule has 0 amide bonds. The molecule has 0 bridgehead atoms. The number of hydrogen-bond donors (Lipinski definition) is 0. The Morgan fingerprint density at radius 2 is 1.18 bits per heavy atom. The standard InChI is InChI=1S/C16H28O/c1-3-5-7-9-11-13-16(15-17)14-12-10-8-6-4-2/h7-10,15-16H,3-6,11-14H2,1-2H3. The van der Waals surface area contributed by atoms with Crippen molar-refractivity contribution in [2.45, 2.75) is 65.2 Å². The lowest BCUT2D eigenvalue weighted by Crippen LogP contribution is -2.00. The molecule has 0 atom stereocenters. The summed E-state index contributed by atoms with van der Waals surface area (Å²) in [5.74, 6) is 0.243. The minimum Gasteiger partial charge on any atom is -0.303 e. The summed E-state index contributed by atoms with van der Waals surface area (Å²) in [6, 6.07) is 0. The molecule has 98 valence electrons. The molecule has 0 radical (unpaired) electrons. The smallest absolute Gasteiger partial charge is 0.123 e. The molecular weight excluding hydrogens is 208 g/mol. The van der Waals surface area contributed by atoms with Crippen LogP contribution in [0.1, 0.15) is 65.2 Å². The highest BCUT2D eigenvalue weighted by molar-refractivity contribution is 5.53. The van der Waals surface area contributed by atoms with Crippen LogP contribution in [0.25, 0.3) is 0 Å². The zero-order valence-corrected chi connectivity index (χ0v) is 11.5. The van der Waals surface area contributed by atoms with E-state index in [9.17, 15) is 4.79 Å². The molecule has 0 spiro atoms. The Kier molecular flexibility index (Phi) is 12.6. The Morgan fingerprint density at radius 1 is 0.765 bits per heavy atom. The molecule has 0 rings (SSSR count). The van der Waals surface area contributed by atoms with Crippen molar-refractivity contribution in [2.75, 3.05) is 0 Å². The van der Waals surface area contributed by atoms with Crippen molar-refractivity contribution in [3.05, 3.63) is 24.3 Å². The Balaban J connectivity index is 3.58. The van der Waals surface area contributed by atoms with Crippen LogP contribution in [-0.2, 0) is 4.79 Å². The summed E-state index contributed by atoms with van der Waals surface area (Å²) in [5.41, 5.74) is 0. The molecule has 0 aromatic heterocycles. The third-order valence-corrected chi connectivity index (χ3v) is 2.84. The lowest BCUT2D eigenvalue weighted by Gasteiger charge is -2.06. The maximum absolute atomic E-state index is 10.9. The first-order chi connectivity index (χ1) is 8.35. The monoisotopic (exact) mass is 236 g/mol. The van der Waals surface area contributed by atoms with Gasteiger partial charge in [0.25, 0.3) is 0 Å². The highest BCUT2D eigenvalue weighted by Gasteiger charge is 2.04. The minimum absolute atomic E-state index is 0.243. The van der Waals surface area contributed by atoms with Crippen molar-refractivity contribution in [1.82, 2.24) is 0 Å². The third kappa shape index (κ3) is 11.4. The van der Waals surface area contributed by atoms with Crippen LogP contribution in [0.2, 0.25) is 0 Å². The second-order valence-electron chi connectivity index (χ2n) is 4.57. The normalized spacial score (nSPS) is 13.5. The fourth-order valence-corrected chi connectivity index (χ4v) is 1.71. The lowest BCUT2D eigenvalue weighted by atomic mass is 9.98. The SMILES string of the molecule is CCCC=CCCC(C=O)CCC=CCCC. The molecule has 1 nitrogen and oxygen atoms in total. The van der Waals surface area contributed by atoms with Gasteiger partial charge in [0.2, 0.25) is 0 Å². The Labute approximate surface area is 107 Å². The van der Waals surface area contributed by atoms with Crippen LogP contribution in [0.15, 0.2) is 24.3 Å². The van der Waals surface area contributed by atoms with Crippen LogP contribution in [0.4, 0.5) is 0 Å². The second-order valence-corrected chi connectivity index (χ2v) is 4.57. The molecule has 1 heteroatoms. The van der Waals surface area contributed by atoms with E-state index in [2.05, 4.69) is 38.2 Å². The highest BCUT2D eigenvalue weighted by Crippen LogP contribution is 2.12. The number of hydrogen-bond acceptors (Lipinski definition) is 1. The van der Waals surface area contributed by atoms with Gasteiger partial charge in [-0.25, -0.2) is 0 Å². The van der Waals surface area contributed by atoms with Crippen molar-refractivity contribution in [2.24, 2.45) is 5.92 Å². The summed E-state index contributed by atoms with van der Waals surface area (Å²) in [5, 5.41) is 0. The van der Waals surface area contributed by atoms with Crippen LogP contribution in [0.3, 0.4) is 0 Å². The van der Waals surface area contributed by atoms with E-state index >= 15 is 0 Å². The first-order valence-corrected chi connectivity index (χ1v) is 7.10. The van der Waals surface area contributed by atoms with Crippen LogP contribution in [0, 0.1) is 5.92 Å². The molecule has 0 fully saturated rings. The first-order valence-electron chi connectivity index (χ1n) is 7.10. The average Bonchev–Trinajstić information content (AvgIpc) is 2.36. The zero-order chi connectivity index (χ0) is 12.8. The Hall–Kier alpha value is -0.850. The zero-order valence-electron chi connectivity index (χ0n) is 11.5. The van der Waals surface area contributed by atoms with Crippen molar-refractivity contribution in [1.29, 1.82) is 0 Å². The van der Waals surface area contributed by atoms with Gasteiger partial charge < -0.3 is 4.79 Å². The molecule has 0 heterocycles. The first kappa shape index (κ1) is 16.1. The van der Waals surface area contributed by atoms with Crippen LogP contribution in [0.5, 0.6) is 0 Å². The fraction of sp³-hybridized carbons (Fsp3) is 0.688. The van der Waals surface area contributed by atoms with Gasteiger partial charge in [-0.2, -0.15) is 0 Å². The van der Waals surface area contributed by atoms with Gasteiger partial charge in [0.1, 0.15) is 6.29 Å². The Morgan fingerprint density at radius 3 is 1.53 bits per heavy atom. The predicted molar refractivity (Wildman–Crippen MR) is 76.1 cm³/mol. The van der Waals surface area contributed by atoms with E-state index in [-0.39, 0.29) is 5.92 Å². The van der Waals surface area contributed by atoms with Crippen molar-refractivity contribution >= 4 is 6.29 Å². The van der Waals surface area contributed by atoms with Crippen molar-refractivity contribution in [3.8, 4) is 0 Å². The fourth-order valence-electron chi connectivity index (χ4n) is 1.71. The van der Waals surface area contributed by atoms with Gasteiger partial charge in [-0.05, 0) is 38.5 Å². The number of aldehydes is 1. The van der Waals surface area contributed by atoms with E-state index < -0.39 is 0 Å². The molecule has 0 aromatic rings. The number of carbonyl (C=O) groups excluding carboxylic acids is 1. The van der Waals surface area contributed by atoms with Gasteiger partial charge in [0, 0.05) is 5.92 Å². The summed E-state index contributed by atoms with van der Waals surface area (Å²) in [6.45, 7) is 4.36. The van der Waals surface area contributed by atoms with Gasteiger partial charge >= 0.3 is 0 Å². The minimum atomic E-state index is 0.243. The van der Waals surface area contributed by atoms with Gasteiger partial charge in [-0.3, -0.25) is 0 Å². The molecule has 0 saturated heterocycles. The topological polar surface area (TPSA) is 17.1 Å². The predicted octanol–water partition coefficient (Wildman–Crippen LogP) is 5.07. The highest BCUT2D eigenvalue weighted by atomic mass is 16.1. The van der Waals surface area contributed by atoms with Crippen LogP contribution in [-0.4, -0.2) is 6.29 Å². The number of rotatable bonds is 11. The molecule has 0 aliphatic rings. The Bertz CT molecular complexity index is 196. The van der Waals surface area contributed by atoms with Crippen molar-refractivity contribution < 1.29 is 4.79 Å². The maximum atomic E-state index is 10.9. The quantitative estimate of drug-likeness (QED) is 0.361. The third-order valence-electron chi connectivity index (χ3n) is 2.84. The second kappa shape index (κ2) is 13.2. The molecular formula is C16H28O. The average molecular weight is 236 g/mol. The summed E-state index contributed by atoms with van der Waals surface area (Å²) < 4.78 is 0. The molecule has 0 aromatic carbocycles. The van der Waals surface area contributed by atoms with E-state index in [4.69, 9.17) is 0 Å². The summed E-state index contributed by atoms with van der Waals surface area (Å²) in [4.78, 5) is 10.9. The molecule has 0 aliphatic heterocycles. The number of carbonyl (C=O) groups is 1. The van der Waals surface area contributed by atoms with Gasteiger partial charge in [0.05, 0.1) is 0 Å². The van der Waals surface area contributed by atoms with Crippen LogP contribution < -0.4 is 0 Å². The largest absolute Gasteiger partial charge is 0.303 e. The number of unbranched alkanes of at least 4 members (excludes halogenated alkanes) is 2. The van der Waals surface area contributed by atoms with E-state index in [1.54, 1.807) is 0 Å². The summed E-state index contributed by atoms with van der Waals surface area (Å²) >= 11 is 0. The van der Waals surface area contributed by atoms with Gasteiger partial charge in [0.15, 0.2) is 0 Å². The molecule has 0 aliphatic carbocycles. The van der Waals surface area contributed by atoms with E-state index in [0.717, 1.165) is 44.8 Å². The summed E-state index contributed by atoms with van der Waals surface area (Å²) in [7, 11) is 0. The maximum Gasteiger partial charge on any atom is 0.123 e. The molecule has 0 N–H and O–H groups in total.